The summed E-state index contributed by atoms with van der Waals surface area (Å²) < 4.78 is 33.4. The molecule has 10 heteroatoms. The maximum atomic E-state index is 13.7. The first-order valence-corrected chi connectivity index (χ1v) is 9.19. The molecule has 1 aliphatic rings. The lowest BCUT2D eigenvalue weighted by Crippen LogP contribution is -2.53. The molecule has 1 unspecified atom stereocenters. The summed E-state index contributed by atoms with van der Waals surface area (Å²) in [6, 6.07) is 2.64. The maximum Gasteiger partial charge on any atom is 0.276 e. The smallest absolute Gasteiger partial charge is 0.276 e. The van der Waals surface area contributed by atoms with Gasteiger partial charge in [-0.3, -0.25) is 14.4 Å². The summed E-state index contributed by atoms with van der Waals surface area (Å²) in [4.78, 5) is 39.2. The number of nitrogens with one attached hydrogen (secondary N) is 1. The van der Waals surface area contributed by atoms with Gasteiger partial charge < -0.3 is 24.6 Å². The van der Waals surface area contributed by atoms with Crippen molar-refractivity contribution in [3.63, 3.8) is 0 Å². The molecule has 2 amide bonds. The molecule has 0 radical (unpaired) electrons. The highest BCUT2D eigenvalue weighted by atomic mass is 19.1. The van der Waals surface area contributed by atoms with E-state index in [4.69, 9.17) is 4.74 Å². The lowest BCUT2D eigenvalue weighted by Gasteiger charge is -2.39. The van der Waals surface area contributed by atoms with Gasteiger partial charge in [0.1, 0.15) is 17.2 Å². The van der Waals surface area contributed by atoms with Crippen LogP contribution in [-0.4, -0.2) is 45.8 Å². The second-order valence-corrected chi connectivity index (χ2v) is 7.14. The van der Waals surface area contributed by atoms with E-state index in [0.29, 0.717) is 6.07 Å². The number of fused-ring (bicyclic) bond motifs is 1. The minimum atomic E-state index is -1.02. The van der Waals surface area contributed by atoms with Gasteiger partial charge in [0.2, 0.25) is 5.43 Å². The first-order valence-electron chi connectivity index (χ1n) is 9.19. The number of hydrogen-bond acceptors (Lipinski definition) is 5. The van der Waals surface area contributed by atoms with Crippen molar-refractivity contribution in [1.82, 2.24) is 14.8 Å². The summed E-state index contributed by atoms with van der Waals surface area (Å²) in [5.74, 6) is -3.92. The Morgan fingerprint density at radius 3 is 2.63 bits per heavy atom. The summed E-state index contributed by atoms with van der Waals surface area (Å²) in [5, 5.41) is 12.7. The van der Waals surface area contributed by atoms with E-state index < -0.39 is 46.4 Å². The zero-order chi connectivity index (χ0) is 22.2. The van der Waals surface area contributed by atoms with Gasteiger partial charge in [-0.15, -0.1) is 0 Å². The molecular weight excluding hydrogens is 400 g/mol. The third kappa shape index (κ3) is 3.78. The third-order valence-electron chi connectivity index (χ3n) is 4.88. The monoisotopic (exact) mass is 421 g/mol. The van der Waals surface area contributed by atoms with Crippen molar-refractivity contribution in [2.45, 2.75) is 39.2 Å². The number of halogens is 2. The van der Waals surface area contributed by atoms with Gasteiger partial charge in [0.15, 0.2) is 17.7 Å². The number of aromatic hydroxyl groups is 1. The summed E-state index contributed by atoms with van der Waals surface area (Å²) in [7, 11) is 1.42. The Labute approximate surface area is 170 Å². The molecule has 0 bridgehead atoms. The first-order chi connectivity index (χ1) is 14.1. The van der Waals surface area contributed by atoms with Gasteiger partial charge in [-0.1, -0.05) is 6.07 Å². The van der Waals surface area contributed by atoms with Gasteiger partial charge in [-0.05, 0) is 19.9 Å². The van der Waals surface area contributed by atoms with Crippen LogP contribution in [-0.2, 0) is 17.8 Å². The van der Waals surface area contributed by atoms with E-state index in [2.05, 4.69) is 5.32 Å². The predicted molar refractivity (Wildman–Crippen MR) is 102 cm³/mol. The van der Waals surface area contributed by atoms with Crippen LogP contribution in [0.1, 0.15) is 40.3 Å². The number of amides is 2. The van der Waals surface area contributed by atoms with E-state index in [-0.39, 0.29) is 30.4 Å². The third-order valence-corrected chi connectivity index (χ3v) is 4.88. The van der Waals surface area contributed by atoms with E-state index in [0.717, 1.165) is 12.3 Å². The number of aromatic nitrogens is 1. The molecule has 8 nitrogen and oxygen atoms in total. The molecule has 1 aromatic carbocycles. The molecule has 2 aromatic rings. The molecule has 0 fully saturated rings. The van der Waals surface area contributed by atoms with Crippen LogP contribution in [0.25, 0.3) is 0 Å². The van der Waals surface area contributed by atoms with E-state index in [1.165, 1.54) is 22.6 Å². The molecule has 3 rings (SSSR count). The highest BCUT2D eigenvalue weighted by molar-refractivity contribution is 5.99. The zero-order valence-corrected chi connectivity index (χ0v) is 16.6. The molecule has 30 heavy (non-hydrogen) atoms. The van der Waals surface area contributed by atoms with Gasteiger partial charge in [-0.25, -0.2) is 8.78 Å². The van der Waals surface area contributed by atoms with Crippen LogP contribution in [0.3, 0.4) is 0 Å². The number of hydrogen-bond donors (Lipinski definition) is 2. The topological polar surface area (TPSA) is 101 Å². The number of carbonyl (C=O) groups excluding carboxylic acids is 2. The molecule has 0 saturated carbocycles. The highest BCUT2D eigenvalue weighted by Crippen LogP contribution is 2.25. The largest absolute Gasteiger partial charge is 0.503 e. The van der Waals surface area contributed by atoms with Gasteiger partial charge in [0.05, 0.1) is 6.54 Å². The van der Waals surface area contributed by atoms with E-state index in [1.54, 1.807) is 13.8 Å². The Kier molecular flexibility index (Phi) is 5.88. The van der Waals surface area contributed by atoms with Crippen LogP contribution < -0.4 is 10.7 Å². The van der Waals surface area contributed by atoms with Crippen LogP contribution in [0, 0.1) is 11.6 Å². The summed E-state index contributed by atoms with van der Waals surface area (Å²) in [6.45, 7) is 3.33. The number of ether oxygens (including phenoxy) is 1. The van der Waals surface area contributed by atoms with Crippen molar-refractivity contribution in [2.75, 3.05) is 7.11 Å². The van der Waals surface area contributed by atoms with E-state index in [9.17, 15) is 28.3 Å². The van der Waals surface area contributed by atoms with Gasteiger partial charge in [0.25, 0.3) is 11.8 Å². The normalized spacial score (nSPS) is 16.0. The summed E-state index contributed by atoms with van der Waals surface area (Å²) in [6.07, 6.45) is 0.506. The number of nitrogens with zero attached hydrogens (tertiary/aromatic N) is 2. The number of pyridine rings is 1. The van der Waals surface area contributed by atoms with Crippen molar-refractivity contribution < 1.29 is 28.2 Å². The predicted octanol–water partition coefficient (Wildman–Crippen LogP) is 1.60. The Morgan fingerprint density at radius 2 is 2.03 bits per heavy atom. The summed E-state index contributed by atoms with van der Waals surface area (Å²) in [5.41, 5.74) is -1.65. The first kappa shape index (κ1) is 21.4. The molecule has 0 aliphatic carbocycles. The fourth-order valence-corrected chi connectivity index (χ4v) is 3.38. The SMILES string of the molecule is COC1Cn2cc(C(=O)NCc3ccc(F)cc3F)c(=O)c(O)c2C(=O)N1C(C)C. The molecule has 1 aliphatic heterocycles. The second-order valence-electron chi connectivity index (χ2n) is 7.14. The molecule has 2 heterocycles. The number of benzene rings is 1. The zero-order valence-electron chi connectivity index (χ0n) is 16.6. The molecule has 1 aromatic heterocycles. The Morgan fingerprint density at radius 1 is 1.33 bits per heavy atom. The molecule has 160 valence electrons. The molecular formula is C20H21F2N3O5. The van der Waals surface area contributed by atoms with Crippen LogP contribution in [0.2, 0.25) is 0 Å². The standard InChI is InChI=1S/C20H21F2N3O5/c1-10(2)25-15(30-3)9-24-8-13(17(26)18(27)16(24)20(25)29)19(28)23-7-11-4-5-12(21)6-14(11)22/h4-6,8,10,15,27H,7,9H2,1-3H3,(H,23,28). The molecule has 2 N–H and O–H groups in total. The number of carbonyl (C=O) groups is 2. The van der Waals surface area contributed by atoms with Crippen molar-refractivity contribution in [3.8, 4) is 5.75 Å². The molecule has 0 saturated heterocycles. The van der Waals surface area contributed by atoms with Crippen LogP contribution in [0.4, 0.5) is 8.78 Å². The lowest BCUT2D eigenvalue weighted by atomic mass is 10.1. The maximum absolute atomic E-state index is 13.7. The summed E-state index contributed by atoms with van der Waals surface area (Å²) >= 11 is 0. The minimum Gasteiger partial charge on any atom is -0.503 e. The van der Waals surface area contributed by atoms with E-state index >= 15 is 0 Å². The van der Waals surface area contributed by atoms with Crippen molar-refractivity contribution in [3.05, 3.63) is 63.1 Å². The van der Waals surface area contributed by atoms with Gasteiger partial charge in [0, 0.05) is 37.5 Å². The lowest BCUT2D eigenvalue weighted by molar-refractivity contribution is -0.0513. The van der Waals surface area contributed by atoms with Crippen LogP contribution >= 0.6 is 0 Å². The van der Waals surface area contributed by atoms with Crippen molar-refractivity contribution in [1.29, 1.82) is 0 Å². The number of methoxy groups -OCH3 is 1. The Bertz CT molecular complexity index is 1070. The van der Waals surface area contributed by atoms with Gasteiger partial charge >= 0.3 is 0 Å². The quantitative estimate of drug-likeness (QED) is 0.764. The highest BCUT2D eigenvalue weighted by Gasteiger charge is 2.37. The fourth-order valence-electron chi connectivity index (χ4n) is 3.38. The van der Waals surface area contributed by atoms with Crippen LogP contribution in [0.15, 0.2) is 29.2 Å². The fraction of sp³-hybridized carbons (Fsp3) is 0.350. The average molecular weight is 421 g/mol. The molecule has 0 spiro atoms. The Hall–Kier alpha value is -3.27. The van der Waals surface area contributed by atoms with Gasteiger partial charge in [-0.2, -0.15) is 0 Å². The van der Waals surface area contributed by atoms with E-state index in [1.807, 2.05) is 0 Å². The minimum absolute atomic E-state index is 0.0224. The average Bonchev–Trinajstić information content (AvgIpc) is 2.68. The van der Waals surface area contributed by atoms with Crippen molar-refractivity contribution >= 4 is 11.8 Å². The number of rotatable bonds is 5. The second kappa shape index (κ2) is 8.23. The van der Waals surface area contributed by atoms with Crippen molar-refractivity contribution in [2.24, 2.45) is 0 Å². The van der Waals surface area contributed by atoms with Crippen LogP contribution in [0.5, 0.6) is 5.75 Å². The molecule has 1 atom stereocenters. The Balaban J connectivity index is 1.92.